The lowest BCUT2D eigenvalue weighted by Crippen LogP contribution is -2.31. The highest BCUT2D eigenvalue weighted by molar-refractivity contribution is 9.10. The zero-order chi connectivity index (χ0) is 11.7. The van der Waals surface area contributed by atoms with Gasteiger partial charge in [0.2, 0.25) is 0 Å². The van der Waals surface area contributed by atoms with E-state index < -0.39 is 0 Å². The highest BCUT2D eigenvalue weighted by Gasteiger charge is 2.37. The molecule has 0 aromatic carbocycles. The van der Waals surface area contributed by atoms with Gasteiger partial charge in [-0.25, -0.2) is 9.97 Å². The fourth-order valence-corrected chi connectivity index (χ4v) is 2.45. The van der Waals surface area contributed by atoms with E-state index >= 15 is 0 Å². The van der Waals surface area contributed by atoms with Gasteiger partial charge >= 0.3 is 0 Å². The summed E-state index contributed by atoms with van der Waals surface area (Å²) in [7, 11) is 0. The van der Waals surface area contributed by atoms with Gasteiger partial charge in [0.05, 0.1) is 17.7 Å². The molecule has 0 amide bonds. The molecular weight excluding hydrogens is 284 g/mol. The van der Waals surface area contributed by atoms with Crippen LogP contribution in [0.5, 0.6) is 0 Å². The van der Waals surface area contributed by atoms with Gasteiger partial charge in [0.25, 0.3) is 0 Å². The summed E-state index contributed by atoms with van der Waals surface area (Å²) in [6.45, 7) is 1.41. The van der Waals surface area contributed by atoms with E-state index in [4.69, 9.17) is 9.47 Å². The summed E-state index contributed by atoms with van der Waals surface area (Å²) in [5, 5.41) is 0. The zero-order valence-corrected chi connectivity index (χ0v) is 10.9. The van der Waals surface area contributed by atoms with Crippen molar-refractivity contribution in [3.05, 3.63) is 28.8 Å². The highest BCUT2D eigenvalue weighted by Crippen LogP contribution is 2.37. The Kier molecular flexibility index (Phi) is 2.98. The number of halogens is 1. The molecule has 0 unspecified atom stereocenters. The summed E-state index contributed by atoms with van der Waals surface area (Å²) < 4.78 is 12.2. The average molecular weight is 297 g/mol. The summed E-state index contributed by atoms with van der Waals surface area (Å²) in [6.07, 6.45) is 8.27. The topological polar surface area (TPSA) is 44.2 Å². The van der Waals surface area contributed by atoms with E-state index in [2.05, 4.69) is 32.0 Å². The van der Waals surface area contributed by atoms with Crippen LogP contribution in [0.25, 0.3) is 5.57 Å². The van der Waals surface area contributed by atoms with Crippen molar-refractivity contribution >= 4 is 21.5 Å². The van der Waals surface area contributed by atoms with Gasteiger partial charge in [0.15, 0.2) is 11.6 Å². The van der Waals surface area contributed by atoms with E-state index in [9.17, 15) is 0 Å². The molecule has 3 rings (SSSR count). The second-order valence-corrected chi connectivity index (χ2v) is 5.18. The first kappa shape index (κ1) is 11.3. The summed E-state index contributed by atoms with van der Waals surface area (Å²) in [5.41, 5.74) is 1.18. The van der Waals surface area contributed by atoms with Crippen LogP contribution in [-0.4, -0.2) is 29.0 Å². The van der Waals surface area contributed by atoms with Gasteiger partial charge in [-0.3, -0.25) is 0 Å². The van der Waals surface area contributed by atoms with Crippen molar-refractivity contribution in [1.82, 2.24) is 9.97 Å². The minimum atomic E-state index is -0.362. The Bertz CT molecular complexity index is 438. The summed E-state index contributed by atoms with van der Waals surface area (Å²) >= 11 is 3.33. The third kappa shape index (κ3) is 2.27. The Morgan fingerprint density at radius 3 is 2.47 bits per heavy atom. The van der Waals surface area contributed by atoms with Crippen molar-refractivity contribution in [2.75, 3.05) is 13.2 Å². The average Bonchev–Trinajstić information content (AvgIpc) is 2.80. The molecule has 1 saturated heterocycles. The van der Waals surface area contributed by atoms with E-state index in [0.717, 1.165) is 29.6 Å². The summed E-state index contributed by atoms with van der Waals surface area (Å²) in [6, 6.07) is 0. The van der Waals surface area contributed by atoms with E-state index in [1.165, 1.54) is 5.57 Å². The zero-order valence-electron chi connectivity index (χ0n) is 9.36. The Hall–Kier alpha value is -0.780. The molecule has 1 spiro atoms. The number of ether oxygens (including phenoxy) is 2. The molecular formula is C12H13BrN2O2. The predicted octanol–water partition coefficient (Wildman–Crippen LogP) is 2.55. The molecule has 1 fully saturated rings. The van der Waals surface area contributed by atoms with E-state index in [0.29, 0.717) is 13.2 Å². The Morgan fingerprint density at radius 1 is 1.18 bits per heavy atom. The number of aromatic nitrogens is 2. The van der Waals surface area contributed by atoms with Crippen LogP contribution < -0.4 is 0 Å². The van der Waals surface area contributed by atoms with Crippen molar-refractivity contribution in [2.24, 2.45) is 0 Å². The van der Waals surface area contributed by atoms with Gasteiger partial charge in [-0.2, -0.15) is 0 Å². The smallest absolute Gasteiger partial charge is 0.172 e. The SMILES string of the molecule is Brc1cnc(C2=CCC3(CC2)OCCO3)nc1. The van der Waals surface area contributed by atoms with Crippen LogP contribution in [0.4, 0.5) is 0 Å². The van der Waals surface area contributed by atoms with Crippen molar-refractivity contribution in [3.8, 4) is 0 Å². The minimum Gasteiger partial charge on any atom is -0.347 e. The second-order valence-electron chi connectivity index (χ2n) is 4.27. The van der Waals surface area contributed by atoms with Crippen molar-refractivity contribution in [2.45, 2.75) is 25.0 Å². The summed E-state index contributed by atoms with van der Waals surface area (Å²) in [4.78, 5) is 8.62. The molecule has 2 heterocycles. The second kappa shape index (κ2) is 4.48. The molecule has 1 aliphatic heterocycles. The molecule has 4 nitrogen and oxygen atoms in total. The first-order valence-corrected chi connectivity index (χ1v) is 6.52. The third-order valence-electron chi connectivity index (χ3n) is 3.16. The quantitative estimate of drug-likeness (QED) is 0.799. The molecule has 1 aromatic heterocycles. The number of nitrogens with zero attached hydrogens (tertiary/aromatic N) is 2. The maximum Gasteiger partial charge on any atom is 0.172 e. The molecule has 90 valence electrons. The van der Waals surface area contributed by atoms with Crippen molar-refractivity contribution in [3.63, 3.8) is 0 Å². The van der Waals surface area contributed by atoms with Crippen LogP contribution in [0.1, 0.15) is 25.1 Å². The van der Waals surface area contributed by atoms with Crippen LogP contribution in [0.15, 0.2) is 22.9 Å². The molecule has 0 atom stereocenters. The number of hydrogen-bond donors (Lipinski definition) is 0. The van der Waals surface area contributed by atoms with Crippen LogP contribution >= 0.6 is 15.9 Å². The maximum absolute atomic E-state index is 5.67. The maximum atomic E-state index is 5.67. The lowest BCUT2D eigenvalue weighted by atomic mass is 9.93. The number of hydrogen-bond acceptors (Lipinski definition) is 4. The van der Waals surface area contributed by atoms with Gasteiger partial charge in [-0.15, -0.1) is 0 Å². The minimum absolute atomic E-state index is 0.362. The first-order chi connectivity index (χ1) is 8.27. The van der Waals surface area contributed by atoms with Crippen LogP contribution in [0.2, 0.25) is 0 Å². The normalized spacial score (nSPS) is 22.8. The fraction of sp³-hybridized carbons (Fsp3) is 0.500. The molecule has 17 heavy (non-hydrogen) atoms. The molecule has 0 radical (unpaired) electrons. The van der Waals surface area contributed by atoms with Crippen molar-refractivity contribution in [1.29, 1.82) is 0 Å². The Balaban J connectivity index is 1.78. The Labute approximate surface area is 108 Å². The number of rotatable bonds is 1. The van der Waals surface area contributed by atoms with E-state index in [-0.39, 0.29) is 5.79 Å². The van der Waals surface area contributed by atoms with Crippen LogP contribution in [-0.2, 0) is 9.47 Å². The molecule has 2 aliphatic rings. The largest absolute Gasteiger partial charge is 0.347 e. The van der Waals surface area contributed by atoms with Crippen LogP contribution in [0.3, 0.4) is 0 Å². The standard InChI is InChI=1S/C12H13BrN2O2/c13-10-7-14-11(15-8-10)9-1-3-12(4-2-9)16-5-6-17-12/h1,7-8H,2-6H2. The van der Waals surface area contributed by atoms with Gasteiger partial charge in [-0.05, 0) is 27.9 Å². The summed E-state index contributed by atoms with van der Waals surface area (Å²) in [5.74, 6) is 0.444. The van der Waals surface area contributed by atoms with Crippen LogP contribution in [0, 0.1) is 0 Å². The van der Waals surface area contributed by atoms with Gasteiger partial charge in [0, 0.05) is 25.2 Å². The molecule has 5 heteroatoms. The molecule has 1 aliphatic carbocycles. The Morgan fingerprint density at radius 2 is 1.88 bits per heavy atom. The van der Waals surface area contributed by atoms with Crippen molar-refractivity contribution < 1.29 is 9.47 Å². The van der Waals surface area contributed by atoms with Gasteiger partial charge in [0.1, 0.15) is 0 Å². The predicted molar refractivity (Wildman–Crippen MR) is 66.2 cm³/mol. The number of allylic oxidation sites excluding steroid dienone is 1. The van der Waals surface area contributed by atoms with Gasteiger partial charge < -0.3 is 9.47 Å². The van der Waals surface area contributed by atoms with E-state index in [1.807, 2.05) is 0 Å². The van der Waals surface area contributed by atoms with E-state index in [1.54, 1.807) is 12.4 Å². The third-order valence-corrected chi connectivity index (χ3v) is 3.57. The monoisotopic (exact) mass is 296 g/mol. The molecule has 0 N–H and O–H groups in total. The molecule has 1 aromatic rings. The molecule has 0 bridgehead atoms. The van der Waals surface area contributed by atoms with Gasteiger partial charge in [-0.1, -0.05) is 6.08 Å². The molecule has 0 saturated carbocycles. The lowest BCUT2D eigenvalue weighted by molar-refractivity contribution is -0.159. The first-order valence-electron chi connectivity index (χ1n) is 5.72. The highest BCUT2D eigenvalue weighted by atomic mass is 79.9. The fourth-order valence-electron chi connectivity index (χ4n) is 2.25. The lowest BCUT2D eigenvalue weighted by Gasteiger charge is -2.30.